The monoisotopic (exact) mass is 246 g/mol. The van der Waals surface area contributed by atoms with E-state index in [1.54, 1.807) is 12.8 Å². The Morgan fingerprint density at radius 2 is 1.76 bits per heavy atom. The minimum atomic E-state index is 0.0550. The third kappa shape index (κ3) is 0.653. The Kier molecular flexibility index (Phi) is 1.12. The third-order valence-corrected chi connectivity index (χ3v) is 8.67. The van der Waals surface area contributed by atoms with Crippen LogP contribution in [-0.4, -0.2) is 9.74 Å². The van der Waals surface area contributed by atoms with Crippen LogP contribution in [0.5, 0.6) is 0 Å². The predicted molar refractivity (Wildman–Crippen MR) is 66.4 cm³/mol. The van der Waals surface area contributed by atoms with Gasteiger partial charge in [0.25, 0.3) is 0 Å². The summed E-state index contributed by atoms with van der Waals surface area (Å²) in [6.07, 6.45) is 3.11. The van der Waals surface area contributed by atoms with Crippen LogP contribution in [0, 0.1) is 47.3 Å². The lowest BCUT2D eigenvalue weighted by Gasteiger charge is -2.67. The van der Waals surface area contributed by atoms with E-state index in [4.69, 9.17) is 5.11 Å². The maximum absolute atomic E-state index is 4.93. The third-order valence-electron chi connectivity index (χ3n) is 7.14. The first-order chi connectivity index (χ1) is 8.12. The molecular weight excluding hydrogens is 228 g/mol. The zero-order chi connectivity index (χ0) is 11.2. The highest BCUT2D eigenvalue weighted by Crippen LogP contribution is 2.89. The van der Waals surface area contributed by atoms with Crippen molar-refractivity contribution in [3.8, 4) is 0 Å². The summed E-state index contributed by atoms with van der Waals surface area (Å²) in [5.41, 5.74) is 0. The summed E-state index contributed by atoms with van der Waals surface area (Å²) in [5.74, 6) is 8.37. The van der Waals surface area contributed by atoms with Crippen LogP contribution >= 0.6 is 11.8 Å². The second-order valence-corrected chi connectivity index (χ2v) is 9.70. The van der Waals surface area contributed by atoms with Crippen molar-refractivity contribution in [3.05, 3.63) is 0 Å². The first-order valence-corrected chi connectivity index (χ1v) is 8.08. The molecule has 6 saturated carbocycles. The van der Waals surface area contributed by atoms with Crippen LogP contribution in [0.2, 0.25) is 0 Å². The molecule has 7 rings (SSSR count). The van der Waals surface area contributed by atoms with Gasteiger partial charge in [-0.15, -0.1) is 0 Å². The van der Waals surface area contributed by atoms with Crippen molar-refractivity contribution in [1.82, 2.24) is 0 Å². The van der Waals surface area contributed by atoms with Gasteiger partial charge in [0.2, 0.25) is 0 Å². The molecule has 7 aliphatic rings. The first-order valence-electron chi connectivity index (χ1n) is 7.27. The fourth-order valence-electron chi connectivity index (χ4n) is 7.25. The van der Waals surface area contributed by atoms with Gasteiger partial charge in [0, 0.05) is 11.8 Å². The van der Waals surface area contributed by atoms with Gasteiger partial charge in [0.05, 0.1) is 0 Å². The Balaban J connectivity index is 1.58. The summed E-state index contributed by atoms with van der Waals surface area (Å²) in [6.45, 7) is 4.51. The highest BCUT2D eigenvalue weighted by Gasteiger charge is 2.87. The van der Waals surface area contributed by atoms with Crippen LogP contribution in [-0.2, 0) is 0 Å². The maximum atomic E-state index is 4.93. The molecule has 6 fully saturated rings. The minimum absolute atomic E-state index is 0.0550. The van der Waals surface area contributed by atoms with Crippen LogP contribution in [0.1, 0.15) is 26.7 Å². The van der Waals surface area contributed by atoms with Gasteiger partial charge in [-0.1, -0.05) is 11.8 Å². The molecule has 0 aromatic rings. The summed E-state index contributed by atoms with van der Waals surface area (Å²) in [7, 11) is 0. The lowest BCUT2D eigenvalue weighted by atomic mass is 9.39. The molecule has 9 atom stereocenters. The van der Waals surface area contributed by atoms with Crippen LogP contribution in [0.15, 0.2) is 10.2 Å². The predicted octanol–water partition coefficient (Wildman–Crippen LogP) is 3.40. The van der Waals surface area contributed by atoms with Gasteiger partial charge < -0.3 is 0 Å². The highest BCUT2D eigenvalue weighted by atomic mass is 32.2. The number of nitrogens with zero attached hydrogens (tertiary/aromatic N) is 2. The molecule has 1 spiro atoms. The van der Waals surface area contributed by atoms with E-state index in [2.05, 4.69) is 30.7 Å². The van der Waals surface area contributed by atoms with E-state index in [0.717, 1.165) is 47.3 Å². The van der Waals surface area contributed by atoms with Crippen molar-refractivity contribution in [1.29, 1.82) is 0 Å². The molecule has 0 aromatic heterocycles. The molecule has 0 N–H and O–H groups in total. The van der Waals surface area contributed by atoms with E-state index in [-0.39, 0.29) is 9.74 Å². The van der Waals surface area contributed by atoms with E-state index in [1.807, 2.05) is 0 Å². The second kappa shape index (κ2) is 2.13. The van der Waals surface area contributed by atoms with Crippen molar-refractivity contribution < 1.29 is 0 Å². The average molecular weight is 246 g/mol. The molecular formula is C14H18N2S. The normalized spacial score (nSPS) is 74.2. The summed E-state index contributed by atoms with van der Waals surface area (Å²) >= 11 is 2.13. The van der Waals surface area contributed by atoms with E-state index in [9.17, 15) is 0 Å². The van der Waals surface area contributed by atoms with Gasteiger partial charge in [-0.3, -0.25) is 0 Å². The topological polar surface area (TPSA) is 24.7 Å². The van der Waals surface area contributed by atoms with Gasteiger partial charge in [-0.05, 0) is 62.2 Å². The quantitative estimate of drug-likeness (QED) is 0.643. The number of rotatable bonds is 0. The first kappa shape index (κ1) is 8.95. The molecule has 5 bridgehead atoms. The number of hydrogen-bond donors (Lipinski definition) is 0. The molecule has 3 heteroatoms. The highest BCUT2D eigenvalue weighted by molar-refractivity contribution is 8.02. The fourth-order valence-corrected chi connectivity index (χ4v) is 9.17. The fraction of sp³-hybridized carbons (Fsp3) is 1.00. The van der Waals surface area contributed by atoms with E-state index in [1.165, 1.54) is 0 Å². The van der Waals surface area contributed by atoms with Crippen LogP contribution in [0.4, 0.5) is 0 Å². The standard InChI is InChI=1S/C14H18N2S/c1-13(2)15-16-14(17-13)11-5-3-6-8-7(4-5)12(14)10(8)9(6)11/h5-12H,3-4H2,1-2H3. The number of hydrogen-bond acceptors (Lipinski definition) is 3. The minimum Gasteiger partial charge on any atom is -0.175 e. The maximum Gasteiger partial charge on any atom is 0.136 e. The molecule has 0 amide bonds. The number of thioether (sulfide) groups is 1. The molecule has 90 valence electrons. The van der Waals surface area contributed by atoms with Gasteiger partial charge in [-0.25, -0.2) is 0 Å². The molecule has 2 nitrogen and oxygen atoms in total. The van der Waals surface area contributed by atoms with E-state index >= 15 is 0 Å². The molecule has 1 heterocycles. The Hall–Kier alpha value is -0.0500. The van der Waals surface area contributed by atoms with Crippen molar-refractivity contribution in [2.45, 2.75) is 36.4 Å². The van der Waals surface area contributed by atoms with Crippen molar-refractivity contribution >= 4 is 11.8 Å². The van der Waals surface area contributed by atoms with Crippen molar-refractivity contribution in [2.75, 3.05) is 0 Å². The van der Waals surface area contributed by atoms with Crippen molar-refractivity contribution in [3.63, 3.8) is 0 Å². The van der Waals surface area contributed by atoms with Gasteiger partial charge in [-0.2, -0.15) is 10.2 Å². The van der Waals surface area contributed by atoms with Crippen LogP contribution in [0.3, 0.4) is 0 Å². The summed E-state index contributed by atoms with van der Waals surface area (Å²) < 4.78 is 0. The molecule has 1 aliphatic heterocycles. The van der Waals surface area contributed by atoms with Crippen LogP contribution < -0.4 is 0 Å². The Labute approximate surface area is 106 Å². The second-order valence-electron chi connectivity index (χ2n) is 7.84. The Morgan fingerprint density at radius 1 is 0.941 bits per heavy atom. The average Bonchev–Trinajstić information content (AvgIpc) is 2.58. The van der Waals surface area contributed by atoms with Gasteiger partial charge >= 0.3 is 0 Å². The Bertz CT molecular complexity index is 481. The van der Waals surface area contributed by atoms with Gasteiger partial charge in [0.1, 0.15) is 9.74 Å². The van der Waals surface area contributed by atoms with Gasteiger partial charge in [0.15, 0.2) is 0 Å². The SMILES string of the molecule is CC1(C)N=NC2(S1)C1C3CC4C5C(C3)C2C5C41. The summed E-state index contributed by atoms with van der Waals surface area (Å²) in [6, 6.07) is 0. The molecule has 0 radical (unpaired) electrons. The lowest BCUT2D eigenvalue weighted by Crippen LogP contribution is -2.64. The van der Waals surface area contributed by atoms with E-state index < -0.39 is 0 Å². The summed E-state index contributed by atoms with van der Waals surface area (Å²) in [5, 5.41) is 9.56. The molecule has 6 aliphatic carbocycles. The smallest absolute Gasteiger partial charge is 0.136 e. The zero-order valence-corrected chi connectivity index (χ0v) is 11.2. The molecule has 9 unspecified atom stereocenters. The molecule has 0 aromatic carbocycles. The summed E-state index contributed by atoms with van der Waals surface area (Å²) in [4.78, 5) is 0.313. The van der Waals surface area contributed by atoms with Crippen molar-refractivity contribution in [2.24, 2.45) is 57.6 Å². The Morgan fingerprint density at radius 3 is 2.53 bits per heavy atom. The van der Waals surface area contributed by atoms with E-state index in [0.29, 0.717) is 0 Å². The van der Waals surface area contributed by atoms with Crippen LogP contribution in [0.25, 0.3) is 0 Å². The largest absolute Gasteiger partial charge is 0.175 e. The molecule has 0 saturated heterocycles. The number of azo groups is 1. The lowest BCUT2D eigenvalue weighted by molar-refractivity contribution is -0.184. The zero-order valence-electron chi connectivity index (χ0n) is 10.3. The molecule has 17 heavy (non-hydrogen) atoms.